The fourth-order valence-corrected chi connectivity index (χ4v) is 5.70. The number of nitrogens with one attached hydrogen (secondary N) is 1. The standard InChI is InChI=1S/C28H30ClFN8O/c1-16-12-19(36-14-17(2)35(4)18(3)15-36)8-9-23(16)33-27-32-13-20-25(34-27)37-11-10-31-28(37)38(26(20)39)24-21(29)6-5-7-22(24)30/h5-9,12-13,17-18H,10-11,14-15H2,1-4H3,(H,32,33,34)/t17-,18+. The molecule has 1 aromatic heterocycles. The van der Waals surface area contributed by atoms with Crippen LogP contribution in [0.4, 0.5) is 33.2 Å². The molecular weight excluding hydrogens is 519 g/mol. The third-order valence-corrected chi connectivity index (χ3v) is 8.12. The van der Waals surface area contributed by atoms with Gasteiger partial charge in [-0.2, -0.15) is 4.98 Å². The molecule has 3 aliphatic rings. The van der Waals surface area contributed by atoms with E-state index in [0.29, 0.717) is 42.9 Å². The highest BCUT2D eigenvalue weighted by Crippen LogP contribution is 2.37. The van der Waals surface area contributed by atoms with E-state index in [2.05, 4.69) is 70.0 Å². The van der Waals surface area contributed by atoms with E-state index in [0.717, 1.165) is 24.3 Å². The summed E-state index contributed by atoms with van der Waals surface area (Å²) in [5.41, 5.74) is 3.36. The number of carbonyl (C=O) groups is 1. The second-order valence-electron chi connectivity index (χ2n) is 10.4. The highest BCUT2D eigenvalue weighted by molar-refractivity contribution is 6.38. The van der Waals surface area contributed by atoms with Crippen LogP contribution in [0.3, 0.4) is 0 Å². The third-order valence-electron chi connectivity index (χ3n) is 7.82. The molecule has 6 rings (SSSR count). The van der Waals surface area contributed by atoms with Crippen molar-refractivity contribution in [1.29, 1.82) is 0 Å². The monoisotopic (exact) mass is 548 g/mol. The van der Waals surface area contributed by atoms with Crippen LogP contribution in [-0.2, 0) is 0 Å². The number of amides is 1. The van der Waals surface area contributed by atoms with Crippen molar-refractivity contribution in [3.8, 4) is 0 Å². The van der Waals surface area contributed by atoms with Crippen molar-refractivity contribution in [2.45, 2.75) is 32.9 Å². The van der Waals surface area contributed by atoms with Gasteiger partial charge in [-0.3, -0.25) is 19.6 Å². The normalized spacial score (nSPS) is 21.1. The number of halogens is 2. The van der Waals surface area contributed by atoms with E-state index in [1.54, 1.807) is 11.0 Å². The molecular formula is C28H30ClFN8O. The first-order chi connectivity index (χ1) is 18.7. The van der Waals surface area contributed by atoms with Gasteiger partial charge in [0, 0.05) is 49.3 Å². The van der Waals surface area contributed by atoms with E-state index in [4.69, 9.17) is 11.6 Å². The van der Waals surface area contributed by atoms with Gasteiger partial charge in [0.2, 0.25) is 11.9 Å². The molecule has 9 nitrogen and oxygen atoms in total. The second-order valence-corrected chi connectivity index (χ2v) is 10.8. The first-order valence-corrected chi connectivity index (χ1v) is 13.4. The molecule has 1 amide bonds. The van der Waals surface area contributed by atoms with Crippen molar-refractivity contribution in [3.63, 3.8) is 0 Å². The summed E-state index contributed by atoms with van der Waals surface area (Å²) in [5.74, 6) is 0.0272. The Morgan fingerprint density at radius 1 is 1.13 bits per heavy atom. The van der Waals surface area contributed by atoms with Crippen LogP contribution in [0.1, 0.15) is 29.8 Å². The Morgan fingerprint density at radius 3 is 2.62 bits per heavy atom. The number of rotatable bonds is 4. The van der Waals surface area contributed by atoms with Crippen LogP contribution >= 0.6 is 11.6 Å². The minimum Gasteiger partial charge on any atom is -0.368 e. The Balaban J connectivity index is 1.28. The maximum Gasteiger partial charge on any atom is 0.270 e. The molecule has 4 heterocycles. The number of guanidine groups is 1. The SMILES string of the molecule is Cc1cc(N2C[C@@H](C)N(C)[C@@H](C)C2)ccc1Nc1ncc2c(n1)N1CCN=C1N(c1c(F)cccc1Cl)C2=O. The van der Waals surface area contributed by atoms with Gasteiger partial charge in [0.15, 0.2) is 5.82 Å². The average Bonchev–Trinajstić information content (AvgIpc) is 3.39. The molecule has 1 N–H and O–H groups in total. The molecule has 0 spiro atoms. The van der Waals surface area contributed by atoms with Crippen LogP contribution in [0.2, 0.25) is 5.02 Å². The lowest BCUT2D eigenvalue weighted by atomic mass is 10.1. The molecule has 0 bridgehead atoms. The molecule has 0 aliphatic carbocycles. The van der Waals surface area contributed by atoms with Gasteiger partial charge in [-0.05, 0) is 63.7 Å². The molecule has 202 valence electrons. The fraction of sp³-hybridized carbons (Fsp3) is 0.357. The first kappa shape index (κ1) is 25.5. The summed E-state index contributed by atoms with van der Waals surface area (Å²) in [5, 5.41) is 3.44. The highest BCUT2D eigenvalue weighted by Gasteiger charge is 2.41. The number of fused-ring (bicyclic) bond motifs is 3. The van der Waals surface area contributed by atoms with Gasteiger partial charge >= 0.3 is 0 Å². The molecule has 3 aromatic rings. The number of piperazine rings is 1. The Kier molecular flexibility index (Phi) is 6.39. The van der Waals surface area contributed by atoms with Crippen LogP contribution in [0.5, 0.6) is 0 Å². The predicted octanol–water partition coefficient (Wildman–Crippen LogP) is 4.69. The zero-order valence-corrected chi connectivity index (χ0v) is 23.1. The number of aliphatic imine (C=N–C) groups is 1. The largest absolute Gasteiger partial charge is 0.368 e. The molecule has 39 heavy (non-hydrogen) atoms. The average molecular weight is 549 g/mol. The molecule has 0 unspecified atom stereocenters. The second kappa shape index (κ2) is 9.77. The molecule has 1 fully saturated rings. The number of nitrogens with zero attached hydrogens (tertiary/aromatic N) is 7. The van der Waals surface area contributed by atoms with Crippen LogP contribution in [0.25, 0.3) is 0 Å². The summed E-state index contributed by atoms with van der Waals surface area (Å²) in [6.45, 7) is 9.46. The lowest BCUT2D eigenvalue weighted by Gasteiger charge is -2.43. The molecule has 3 aliphatic heterocycles. The van der Waals surface area contributed by atoms with Crippen molar-refractivity contribution in [3.05, 3.63) is 64.6 Å². The number of aromatic nitrogens is 2. The quantitative estimate of drug-likeness (QED) is 0.507. The predicted molar refractivity (Wildman–Crippen MR) is 153 cm³/mol. The number of hydrogen-bond acceptors (Lipinski definition) is 8. The Bertz CT molecular complexity index is 1460. The summed E-state index contributed by atoms with van der Waals surface area (Å²) < 4.78 is 14.8. The van der Waals surface area contributed by atoms with E-state index >= 15 is 0 Å². The Hall–Kier alpha value is -3.76. The van der Waals surface area contributed by atoms with Gasteiger partial charge in [-0.1, -0.05) is 17.7 Å². The number of anilines is 5. The van der Waals surface area contributed by atoms with E-state index in [-0.39, 0.29) is 16.3 Å². The molecule has 0 saturated carbocycles. The van der Waals surface area contributed by atoms with Crippen molar-refractivity contribution in [1.82, 2.24) is 14.9 Å². The summed E-state index contributed by atoms with van der Waals surface area (Å²) in [6, 6.07) is 11.6. The number of carbonyl (C=O) groups excluding carboxylic acids is 1. The van der Waals surface area contributed by atoms with Crippen LogP contribution in [0.15, 0.2) is 47.6 Å². The zero-order chi connectivity index (χ0) is 27.4. The number of benzene rings is 2. The van der Waals surface area contributed by atoms with Gasteiger partial charge in [-0.25, -0.2) is 14.3 Å². The number of hydrogen-bond donors (Lipinski definition) is 1. The molecule has 1 saturated heterocycles. The van der Waals surface area contributed by atoms with Crippen molar-refractivity contribution < 1.29 is 9.18 Å². The van der Waals surface area contributed by atoms with Crippen LogP contribution in [-0.4, -0.2) is 72.0 Å². The maximum absolute atomic E-state index is 14.8. The van der Waals surface area contributed by atoms with Gasteiger partial charge in [-0.15, -0.1) is 0 Å². The third kappa shape index (κ3) is 4.37. The Labute approximate surface area is 231 Å². The van der Waals surface area contributed by atoms with Gasteiger partial charge in [0.25, 0.3) is 5.91 Å². The molecule has 0 radical (unpaired) electrons. The number of para-hydroxylation sites is 1. The van der Waals surface area contributed by atoms with E-state index in [9.17, 15) is 9.18 Å². The summed E-state index contributed by atoms with van der Waals surface area (Å²) in [7, 11) is 2.18. The Morgan fingerprint density at radius 2 is 1.90 bits per heavy atom. The van der Waals surface area contributed by atoms with Crippen molar-refractivity contribution in [2.24, 2.45) is 4.99 Å². The van der Waals surface area contributed by atoms with E-state index in [1.165, 1.54) is 28.9 Å². The lowest BCUT2D eigenvalue weighted by molar-refractivity contribution is 0.0999. The maximum atomic E-state index is 14.8. The number of aryl methyl sites for hydroxylation is 1. The van der Waals surface area contributed by atoms with Gasteiger partial charge in [0.1, 0.15) is 17.1 Å². The van der Waals surface area contributed by atoms with E-state index in [1.807, 2.05) is 6.07 Å². The minimum atomic E-state index is -0.604. The van der Waals surface area contributed by atoms with Gasteiger partial charge in [0.05, 0.1) is 11.6 Å². The summed E-state index contributed by atoms with van der Waals surface area (Å²) in [4.78, 5) is 35.0. The molecule has 2 aromatic carbocycles. The smallest absolute Gasteiger partial charge is 0.270 e. The summed E-state index contributed by atoms with van der Waals surface area (Å²) in [6.07, 6.45) is 1.47. The zero-order valence-electron chi connectivity index (χ0n) is 22.3. The van der Waals surface area contributed by atoms with Gasteiger partial charge < -0.3 is 10.2 Å². The minimum absolute atomic E-state index is 0.0254. The molecule has 2 atom stereocenters. The van der Waals surface area contributed by atoms with Crippen molar-refractivity contribution >= 4 is 52.3 Å². The van der Waals surface area contributed by atoms with Crippen LogP contribution in [0, 0.1) is 12.7 Å². The van der Waals surface area contributed by atoms with Crippen molar-refractivity contribution in [2.75, 3.05) is 53.2 Å². The molecule has 11 heteroatoms. The fourth-order valence-electron chi connectivity index (χ4n) is 5.45. The van der Waals surface area contributed by atoms with Crippen LogP contribution < -0.4 is 20.0 Å². The number of likely N-dealkylation sites (N-methyl/N-ethyl adjacent to an activating group) is 1. The van der Waals surface area contributed by atoms with E-state index < -0.39 is 11.7 Å². The summed E-state index contributed by atoms with van der Waals surface area (Å²) >= 11 is 6.30. The first-order valence-electron chi connectivity index (χ1n) is 13.0. The lowest BCUT2D eigenvalue weighted by Crippen LogP contribution is -2.55. The topological polar surface area (TPSA) is 80.2 Å². The highest BCUT2D eigenvalue weighted by atomic mass is 35.5.